The van der Waals surface area contributed by atoms with E-state index < -0.39 is 11.6 Å². The van der Waals surface area contributed by atoms with Gasteiger partial charge in [0.05, 0.1) is 13.4 Å². The van der Waals surface area contributed by atoms with Crippen LogP contribution in [0.25, 0.3) is 39.1 Å². The van der Waals surface area contributed by atoms with E-state index in [1.807, 2.05) is 30.3 Å². The fraction of sp³-hybridized carbons (Fsp3) is 0.0476. The van der Waals surface area contributed by atoms with Crippen molar-refractivity contribution in [2.24, 2.45) is 0 Å². The van der Waals surface area contributed by atoms with Crippen LogP contribution in [0.1, 0.15) is 5.56 Å². The van der Waals surface area contributed by atoms with Crippen molar-refractivity contribution in [3.63, 3.8) is 0 Å². The second-order valence-electron chi connectivity index (χ2n) is 5.86. The first-order valence-corrected chi connectivity index (χ1v) is 8.11. The minimum atomic E-state index is -1.00. The van der Waals surface area contributed by atoms with Crippen molar-refractivity contribution < 1.29 is 23.5 Å². The van der Waals surface area contributed by atoms with Gasteiger partial charge in [-0.05, 0) is 29.3 Å². The zero-order chi connectivity index (χ0) is 19.0. The summed E-state index contributed by atoms with van der Waals surface area (Å²) in [4.78, 5) is 22.4. The van der Waals surface area contributed by atoms with Crippen molar-refractivity contribution in [2.45, 2.75) is 0 Å². The molecular formula is C21H14O6. The summed E-state index contributed by atoms with van der Waals surface area (Å²) >= 11 is 0. The highest BCUT2D eigenvalue weighted by atomic mass is 16.5. The van der Waals surface area contributed by atoms with Gasteiger partial charge in [-0.2, -0.15) is 0 Å². The van der Waals surface area contributed by atoms with Crippen molar-refractivity contribution in [2.75, 3.05) is 7.11 Å². The van der Waals surface area contributed by atoms with Crippen LogP contribution in [0.2, 0.25) is 0 Å². The molecule has 0 fully saturated rings. The van der Waals surface area contributed by atoms with Gasteiger partial charge in [0.2, 0.25) is 5.75 Å². The Morgan fingerprint density at radius 3 is 2.48 bits per heavy atom. The van der Waals surface area contributed by atoms with Gasteiger partial charge in [0, 0.05) is 28.5 Å². The smallest absolute Gasteiger partial charge is 0.336 e. The zero-order valence-corrected chi connectivity index (χ0v) is 14.3. The minimum Gasteiger partial charge on any atom is -0.490 e. The lowest BCUT2D eigenvalue weighted by molar-refractivity contribution is -0.131. The van der Waals surface area contributed by atoms with E-state index in [0.717, 1.165) is 28.2 Å². The highest BCUT2D eigenvalue weighted by Gasteiger charge is 2.20. The molecule has 2 heterocycles. The molecule has 0 spiro atoms. The van der Waals surface area contributed by atoms with Crippen molar-refractivity contribution in [1.29, 1.82) is 0 Å². The number of methoxy groups -OCH3 is 1. The Kier molecular flexibility index (Phi) is 4.01. The number of furan rings is 1. The first-order valence-electron chi connectivity index (χ1n) is 8.11. The van der Waals surface area contributed by atoms with Gasteiger partial charge in [-0.15, -0.1) is 0 Å². The Morgan fingerprint density at radius 2 is 1.78 bits per heavy atom. The van der Waals surface area contributed by atoms with Crippen molar-refractivity contribution in [3.8, 4) is 16.9 Å². The molecule has 0 aliphatic carbocycles. The van der Waals surface area contributed by atoms with Crippen molar-refractivity contribution in [3.05, 3.63) is 70.8 Å². The van der Waals surface area contributed by atoms with E-state index in [1.54, 1.807) is 12.3 Å². The van der Waals surface area contributed by atoms with E-state index in [9.17, 15) is 9.59 Å². The predicted molar refractivity (Wildman–Crippen MR) is 101 cm³/mol. The summed E-state index contributed by atoms with van der Waals surface area (Å²) in [7, 11) is 1.49. The fourth-order valence-corrected chi connectivity index (χ4v) is 3.14. The molecule has 6 nitrogen and oxygen atoms in total. The number of hydrogen-bond acceptors (Lipinski definition) is 5. The van der Waals surface area contributed by atoms with Gasteiger partial charge >= 0.3 is 11.6 Å². The molecule has 2 aromatic heterocycles. The van der Waals surface area contributed by atoms with E-state index in [4.69, 9.17) is 18.7 Å². The molecule has 6 heteroatoms. The number of benzene rings is 2. The molecule has 134 valence electrons. The number of carbonyl (C=O) groups is 1. The average molecular weight is 362 g/mol. The molecule has 27 heavy (non-hydrogen) atoms. The summed E-state index contributed by atoms with van der Waals surface area (Å²) < 4.78 is 16.4. The van der Waals surface area contributed by atoms with Gasteiger partial charge in [0.25, 0.3) is 0 Å². The second-order valence-corrected chi connectivity index (χ2v) is 5.86. The topological polar surface area (TPSA) is 89.9 Å². The summed E-state index contributed by atoms with van der Waals surface area (Å²) in [5.74, 6) is -0.636. The maximum atomic E-state index is 11.7. The summed E-state index contributed by atoms with van der Waals surface area (Å²) in [6, 6.07) is 12.3. The van der Waals surface area contributed by atoms with Gasteiger partial charge in [0.1, 0.15) is 0 Å². The molecule has 4 aromatic rings. The quantitative estimate of drug-likeness (QED) is 0.430. The molecule has 4 rings (SSSR count). The third-order valence-electron chi connectivity index (χ3n) is 4.27. The summed E-state index contributed by atoms with van der Waals surface area (Å²) in [6.45, 7) is 0. The summed E-state index contributed by atoms with van der Waals surface area (Å²) in [6.07, 6.45) is 4.16. The number of ether oxygens (including phenoxy) is 1. The Hall–Kier alpha value is -3.80. The molecule has 0 aliphatic heterocycles. The van der Waals surface area contributed by atoms with Crippen LogP contribution in [0.15, 0.2) is 68.4 Å². The number of aliphatic carboxylic acids is 1. The monoisotopic (exact) mass is 362 g/mol. The molecule has 0 radical (unpaired) electrons. The minimum absolute atomic E-state index is 0.317. The van der Waals surface area contributed by atoms with Crippen LogP contribution in [0.3, 0.4) is 0 Å². The molecule has 2 aromatic carbocycles. The van der Waals surface area contributed by atoms with Crippen LogP contribution in [-0.2, 0) is 4.79 Å². The van der Waals surface area contributed by atoms with E-state index in [1.165, 1.54) is 19.3 Å². The highest BCUT2D eigenvalue weighted by Crippen LogP contribution is 2.43. The largest absolute Gasteiger partial charge is 0.490 e. The lowest BCUT2D eigenvalue weighted by Crippen LogP contribution is -1.98. The first-order chi connectivity index (χ1) is 13.1. The standard InChI is InChI=1S/C21H14O6/c1-25-21-19-15(10-11-26-19)18(14-7-9-17(24)27-20(14)21)13-5-2-12(3-6-13)4-8-16(22)23/h2-11H,1H3,(H,22,23)/b8-4+. The lowest BCUT2D eigenvalue weighted by atomic mass is 9.96. The van der Waals surface area contributed by atoms with Gasteiger partial charge < -0.3 is 18.7 Å². The van der Waals surface area contributed by atoms with E-state index >= 15 is 0 Å². The molecule has 0 atom stereocenters. The Bertz CT molecular complexity index is 1240. The molecule has 0 aliphatic rings. The fourth-order valence-electron chi connectivity index (χ4n) is 3.14. The van der Waals surface area contributed by atoms with Crippen molar-refractivity contribution in [1.82, 2.24) is 0 Å². The number of carboxylic acids is 1. The van der Waals surface area contributed by atoms with Crippen LogP contribution in [0.4, 0.5) is 0 Å². The average Bonchev–Trinajstić information content (AvgIpc) is 3.14. The number of carboxylic acid groups (broad SMARTS) is 1. The molecule has 0 saturated carbocycles. The van der Waals surface area contributed by atoms with Crippen LogP contribution >= 0.6 is 0 Å². The molecule has 1 N–H and O–H groups in total. The van der Waals surface area contributed by atoms with Crippen LogP contribution in [-0.4, -0.2) is 18.2 Å². The molecule has 0 saturated heterocycles. The number of rotatable bonds is 4. The van der Waals surface area contributed by atoms with Crippen molar-refractivity contribution >= 4 is 34.0 Å². The van der Waals surface area contributed by atoms with Gasteiger partial charge in [-0.25, -0.2) is 9.59 Å². The predicted octanol–water partition coefficient (Wildman–Crippen LogP) is 4.31. The SMILES string of the molecule is COc1c2occc2c(-c2ccc(/C=C/C(=O)O)cc2)c2ccc(=O)oc12. The summed E-state index contributed by atoms with van der Waals surface area (Å²) in [5.41, 5.74) is 2.80. The molecule has 0 amide bonds. The molecule has 0 bridgehead atoms. The third kappa shape index (κ3) is 2.87. The highest BCUT2D eigenvalue weighted by molar-refractivity contribution is 6.13. The zero-order valence-electron chi connectivity index (χ0n) is 14.3. The Morgan fingerprint density at radius 1 is 1.04 bits per heavy atom. The van der Waals surface area contributed by atoms with Crippen LogP contribution in [0.5, 0.6) is 5.75 Å². The van der Waals surface area contributed by atoms with Gasteiger partial charge in [0.15, 0.2) is 11.2 Å². The Labute approximate surface area is 152 Å². The van der Waals surface area contributed by atoms with Gasteiger partial charge in [-0.1, -0.05) is 24.3 Å². The van der Waals surface area contributed by atoms with E-state index in [0.29, 0.717) is 22.3 Å². The molecule has 0 unspecified atom stereocenters. The van der Waals surface area contributed by atoms with Crippen LogP contribution in [0, 0.1) is 0 Å². The molecular weight excluding hydrogens is 348 g/mol. The summed E-state index contributed by atoms with van der Waals surface area (Å²) in [5, 5.41) is 10.3. The van der Waals surface area contributed by atoms with Gasteiger partial charge in [-0.3, -0.25) is 0 Å². The second kappa shape index (κ2) is 6.49. The van der Waals surface area contributed by atoms with E-state index in [-0.39, 0.29) is 0 Å². The van der Waals surface area contributed by atoms with Crippen LogP contribution < -0.4 is 10.4 Å². The first kappa shape index (κ1) is 16.7. The van der Waals surface area contributed by atoms with E-state index in [2.05, 4.69) is 0 Å². The normalized spacial score (nSPS) is 11.4. The Balaban J connectivity index is 1.99. The lowest BCUT2D eigenvalue weighted by Gasteiger charge is -2.11. The maximum Gasteiger partial charge on any atom is 0.336 e. The number of fused-ring (bicyclic) bond motifs is 2. The number of hydrogen-bond donors (Lipinski definition) is 1. The maximum absolute atomic E-state index is 11.7. The third-order valence-corrected chi connectivity index (χ3v) is 4.27.